The van der Waals surface area contributed by atoms with Crippen molar-refractivity contribution < 1.29 is 13.2 Å². The zero-order valence-electron chi connectivity index (χ0n) is 14.7. The lowest BCUT2D eigenvalue weighted by atomic mass is 10.2. The first-order valence-electron chi connectivity index (χ1n) is 8.25. The first-order valence-corrected chi connectivity index (χ1v) is 9.73. The second-order valence-corrected chi connectivity index (χ2v) is 7.51. The third-order valence-electron chi connectivity index (χ3n) is 3.84. The third-order valence-corrected chi connectivity index (χ3v) is 5.30. The molecule has 25 heavy (non-hydrogen) atoms. The first-order chi connectivity index (χ1) is 12.0. The highest BCUT2D eigenvalue weighted by molar-refractivity contribution is 7.89. The number of sulfonamides is 1. The van der Waals surface area contributed by atoms with Crippen molar-refractivity contribution in [2.24, 2.45) is 4.99 Å². The SMILES string of the molecule is CN=C(NCc1cccc(S(=O)(=O)NCCOC)c1)NC1CC=CC1. The van der Waals surface area contributed by atoms with Gasteiger partial charge in [-0.1, -0.05) is 24.3 Å². The molecule has 0 heterocycles. The van der Waals surface area contributed by atoms with Gasteiger partial charge >= 0.3 is 0 Å². The average Bonchev–Trinajstić information content (AvgIpc) is 3.12. The molecule has 1 aromatic carbocycles. The van der Waals surface area contributed by atoms with Crippen molar-refractivity contribution in [3.63, 3.8) is 0 Å². The largest absolute Gasteiger partial charge is 0.383 e. The van der Waals surface area contributed by atoms with E-state index in [1.165, 1.54) is 7.11 Å². The van der Waals surface area contributed by atoms with E-state index >= 15 is 0 Å². The van der Waals surface area contributed by atoms with Crippen molar-refractivity contribution in [1.29, 1.82) is 0 Å². The van der Waals surface area contributed by atoms with Crippen LogP contribution in [-0.2, 0) is 21.3 Å². The Morgan fingerprint density at radius 3 is 2.76 bits per heavy atom. The minimum absolute atomic E-state index is 0.242. The molecule has 138 valence electrons. The highest BCUT2D eigenvalue weighted by Gasteiger charge is 2.14. The number of aliphatic imine (C=N–C) groups is 1. The van der Waals surface area contributed by atoms with Gasteiger partial charge in [0.25, 0.3) is 0 Å². The summed E-state index contributed by atoms with van der Waals surface area (Å²) in [6.07, 6.45) is 6.27. The van der Waals surface area contributed by atoms with Gasteiger partial charge in [-0.2, -0.15) is 0 Å². The van der Waals surface area contributed by atoms with Crippen LogP contribution < -0.4 is 15.4 Å². The summed E-state index contributed by atoms with van der Waals surface area (Å²) < 4.78 is 31.9. The Morgan fingerprint density at radius 1 is 1.32 bits per heavy atom. The minimum Gasteiger partial charge on any atom is -0.383 e. The van der Waals surface area contributed by atoms with Crippen molar-refractivity contribution in [2.45, 2.75) is 30.3 Å². The van der Waals surface area contributed by atoms with Gasteiger partial charge in [0.15, 0.2) is 5.96 Å². The Bertz CT molecular complexity index is 708. The molecule has 0 saturated heterocycles. The van der Waals surface area contributed by atoms with Gasteiger partial charge in [0.1, 0.15) is 0 Å². The molecule has 2 rings (SSSR count). The summed E-state index contributed by atoms with van der Waals surface area (Å²) in [4.78, 5) is 4.45. The molecule has 0 atom stereocenters. The molecule has 7 nitrogen and oxygen atoms in total. The number of hydrogen-bond acceptors (Lipinski definition) is 4. The number of nitrogens with one attached hydrogen (secondary N) is 3. The van der Waals surface area contributed by atoms with Crippen LogP contribution >= 0.6 is 0 Å². The molecule has 0 spiro atoms. The molecule has 1 aromatic rings. The van der Waals surface area contributed by atoms with E-state index in [4.69, 9.17) is 4.74 Å². The lowest BCUT2D eigenvalue weighted by Crippen LogP contribution is -2.42. The number of ether oxygens (including phenoxy) is 1. The smallest absolute Gasteiger partial charge is 0.240 e. The summed E-state index contributed by atoms with van der Waals surface area (Å²) in [5.74, 6) is 0.708. The van der Waals surface area contributed by atoms with Crippen LogP contribution in [0.1, 0.15) is 18.4 Å². The average molecular weight is 366 g/mol. The lowest BCUT2D eigenvalue weighted by molar-refractivity contribution is 0.204. The second kappa shape index (κ2) is 9.55. The minimum atomic E-state index is -3.53. The fraction of sp³-hybridized carbons (Fsp3) is 0.471. The van der Waals surface area contributed by atoms with Crippen LogP contribution in [0.15, 0.2) is 46.3 Å². The predicted octanol–water partition coefficient (Wildman–Crippen LogP) is 0.995. The van der Waals surface area contributed by atoms with Gasteiger partial charge in [0.2, 0.25) is 10.0 Å². The number of guanidine groups is 1. The quantitative estimate of drug-likeness (QED) is 0.276. The van der Waals surface area contributed by atoms with Crippen LogP contribution in [0, 0.1) is 0 Å². The van der Waals surface area contributed by atoms with Crippen molar-refractivity contribution in [3.8, 4) is 0 Å². The molecular formula is C17H26N4O3S. The van der Waals surface area contributed by atoms with E-state index in [9.17, 15) is 8.42 Å². The van der Waals surface area contributed by atoms with Gasteiger partial charge in [-0.3, -0.25) is 4.99 Å². The van der Waals surface area contributed by atoms with Crippen LogP contribution in [0.4, 0.5) is 0 Å². The molecule has 0 amide bonds. The fourth-order valence-electron chi connectivity index (χ4n) is 2.49. The van der Waals surface area contributed by atoms with Crippen molar-refractivity contribution in [1.82, 2.24) is 15.4 Å². The van der Waals surface area contributed by atoms with Crippen molar-refractivity contribution >= 4 is 16.0 Å². The highest BCUT2D eigenvalue weighted by atomic mass is 32.2. The van der Waals surface area contributed by atoms with E-state index in [2.05, 4.69) is 32.5 Å². The summed E-state index contributed by atoms with van der Waals surface area (Å²) in [5.41, 5.74) is 0.863. The Balaban J connectivity index is 1.94. The van der Waals surface area contributed by atoms with Gasteiger partial charge in [-0.15, -0.1) is 0 Å². The summed E-state index contributed by atoms with van der Waals surface area (Å²) >= 11 is 0. The van der Waals surface area contributed by atoms with E-state index in [1.807, 2.05) is 6.07 Å². The molecule has 0 saturated carbocycles. The standard InChI is InChI=1S/C17H26N4O3S/c1-18-17(21-15-7-3-4-8-15)19-13-14-6-5-9-16(12-14)25(22,23)20-10-11-24-2/h3-6,9,12,15,20H,7-8,10-11,13H2,1-2H3,(H2,18,19,21). The van der Waals surface area contributed by atoms with Gasteiger partial charge < -0.3 is 15.4 Å². The van der Waals surface area contributed by atoms with Crippen molar-refractivity contribution in [2.75, 3.05) is 27.3 Å². The van der Waals surface area contributed by atoms with Crippen LogP contribution in [-0.4, -0.2) is 47.7 Å². The molecule has 1 aliphatic carbocycles. The molecule has 3 N–H and O–H groups in total. The van der Waals surface area contributed by atoms with Gasteiger partial charge in [-0.25, -0.2) is 13.1 Å². The molecule has 8 heteroatoms. The van der Waals surface area contributed by atoms with E-state index < -0.39 is 10.0 Å². The Labute approximate surface area is 149 Å². The summed E-state index contributed by atoms with van der Waals surface area (Å²) in [7, 11) is -0.278. The zero-order chi connectivity index (χ0) is 18.1. The predicted molar refractivity (Wildman–Crippen MR) is 99.0 cm³/mol. The van der Waals surface area contributed by atoms with Crippen LogP contribution in [0.25, 0.3) is 0 Å². The third kappa shape index (κ3) is 6.15. The van der Waals surface area contributed by atoms with Crippen LogP contribution in [0.5, 0.6) is 0 Å². The molecule has 0 fully saturated rings. The topological polar surface area (TPSA) is 91.8 Å². The Kier molecular flexibility index (Phi) is 7.42. The van der Waals surface area contributed by atoms with Crippen molar-refractivity contribution in [3.05, 3.63) is 42.0 Å². The van der Waals surface area contributed by atoms with Crippen LogP contribution in [0.2, 0.25) is 0 Å². The van der Waals surface area contributed by atoms with Crippen LogP contribution in [0.3, 0.4) is 0 Å². The maximum atomic E-state index is 12.3. The highest BCUT2D eigenvalue weighted by Crippen LogP contribution is 2.12. The maximum Gasteiger partial charge on any atom is 0.240 e. The molecule has 0 aromatic heterocycles. The molecule has 0 unspecified atom stereocenters. The zero-order valence-corrected chi connectivity index (χ0v) is 15.5. The molecule has 0 radical (unpaired) electrons. The summed E-state index contributed by atoms with van der Waals surface area (Å²) in [6.45, 7) is 1.06. The Hall–Kier alpha value is -1.90. The van der Waals surface area contributed by atoms with E-state index in [0.29, 0.717) is 25.2 Å². The summed E-state index contributed by atoms with van der Waals surface area (Å²) in [6, 6.07) is 7.22. The Morgan fingerprint density at radius 2 is 2.08 bits per heavy atom. The molecule has 1 aliphatic rings. The van der Waals surface area contributed by atoms with E-state index in [1.54, 1.807) is 25.2 Å². The number of hydrogen-bond donors (Lipinski definition) is 3. The van der Waals surface area contributed by atoms with E-state index in [0.717, 1.165) is 18.4 Å². The molecule has 0 aliphatic heterocycles. The van der Waals surface area contributed by atoms with E-state index in [-0.39, 0.29) is 11.4 Å². The summed E-state index contributed by atoms with van der Waals surface area (Å²) in [5, 5.41) is 6.57. The molecule has 0 bridgehead atoms. The fourth-order valence-corrected chi connectivity index (χ4v) is 3.58. The first kappa shape index (κ1) is 19.4. The van der Waals surface area contributed by atoms with Gasteiger partial charge in [0.05, 0.1) is 11.5 Å². The maximum absolute atomic E-state index is 12.3. The number of nitrogens with zero attached hydrogens (tertiary/aromatic N) is 1. The second-order valence-electron chi connectivity index (χ2n) is 5.75. The molecular weight excluding hydrogens is 340 g/mol. The normalized spacial score (nSPS) is 15.5. The monoisotopic (exact) mass is 366 g/mol. The van der Waals surface area contributed by atoms with Gasteiger partial charge in [0, 0.05) is 33.3 Å². The number of benzene rings is 1. The number of rotatable bonds is 8. The lowest BCUT2D eigenvalue weighted by Gasteiger charge is -2.17. The number of methoxy groups -OCH3 is 1. The van der Waals surface area contributed by atoms with Gasteiger partial charge in [-0.05, 0) is 30.5 Å².